The Morgan fingerprint density at radius 2 is 1.79 bits per heavy atom. The second kappa shape index (κ2) is 8.03. The first-order chi connectivity index (χ1) is 15.4. The van der Waals surface area contributed by atoms with Gasteiger partial charge in [0, 0.05) is 17.2 Å². The van der Waals surface area contributed by atoms with Crippen molar-refractivity contribution < 1.29 is 26.8 Å². The van der Waals surface area contributed by atoms with Crippen LogP contribution in [0.1, 0.15) is 44.7 Å². The van der Waals surface area contributed by atoms with Gasteiger partial charge in [0.25, 0.3) is 0 Å². The van der Waals surface area contributed by atoms with E-state index in [1.165, 1.54) is 26.0 Å². The number of benzene rings is 2. The minimum Gasteiger partial charge on any atom is -0.456 e. The Morgan fingerprint density at radius 1 is 1.12 bits per heavy atom. The molecule has 2 atom stereocenters. The van der Waals surface area contributed by atoms with Gasteiger partial charge in [0.15, 0.2) is 0 Å². The SMILES string of the molecule is CC(C)(F)CC(NC(c1ccc2c(c1)oc1ccccc12)C(F)(F)F)C(=O)NC1(C#N)CC1. The van der Waals surface area contributed by atoms with Crippen molar-refractivity contribution in [2.45, 2.75) is 62.6 Å². The summed E-state index contributed by atoms with van der Waals surface area (Å²) in [6, 6.07) is 9.47. The fourth-order valence-electron chi connectivity index (χ4n) is 3.93. The summed E-state index contributed by atoms with van der Waals surface area (Å²) in [7, 11) is 0. The van der Waals surface area contributed by atoms with E-state index in [1.807, 2.05) is 12.1 Å². The summed E-state index contributed by atoms with van der Waals surface area (Å²) in [5.74, 6) is -0.834. The number of halogens is 4. The second-order valence-corrected chi connectivity index (χ2v) is 9.15. The second-order valence-electron chi connectivity index (χ2n) is 9.15. The van der Waals surface area contributed by atoms with Crippen LogP contribution in [0, 0.1) is 11.3 Å². The van der Waals surface area contributed by atoms with Gasteiger partial charge in [-0.15, -0.1) is 0 Å². The number of amides is 1. The van der Waals surface area contributed by atoms with Crippen LogP contribution < -0.4 is 10.6 Å². The number of alkyl halides is 4. The molecule has 9 heteroatoms. The first kappa shape index (κ1) is 23.1. The molecule has 0 spiro atoms. The molecule has 1 aliphatic rings. The van der Waals surface area contributed by atoms with E-state index in [-0.39, 0.29) is 11.1 Å². The van der Waals surface area contributed by atoms with Gasteiger partial charge in [0.1, 0.15) is 28.4 Å². The standard InChI is InChI=1S/C24H23F4N3O2/c1-22(2,25)12-17(21(32)31-23(13-29)9-10-23)30-20(24(26,27)28)14-7-8-16-15-5-3-4-6-18(15)33-19(16)11-14/h3-8,11,17,20,30H,9-10,12H2,1-2H3,(H,31,32). The average molecular weight is 461 g/mol. The van der Waals surface area contributed by atoms with Gasteiger partial charge in [-0.3, -0.25) is 10.1 Å². The van der Waals surface area contributed by atoms with Crippen molar-refractivity contribution in [3.05, 3.63) is 48.0 Å². The number of carbonyl (C=O) groups is 1. The van der Waals surface area contributed by atoms with Crippen LogP contribution in [-0.2, 0) is 4.79 Å². The summed E-state index contributed by atoms with van der Waals surface area (Å²) in [5, 5.41) is 15.5. The van der Waals surface area contributed by atoms with Gasteiger partial charge in [0.2, 0.25) is 5.91 Å². The van der Waals surface area contributed by atoms with E-state index in [2.05, 4.69) is 10.6 Å². The van der Waals surface area contributed by atoms with Crippen molar-refractivity contribution in [1.82, 2.24) is 10.6 Å². The molecule has 3 aromatic rings. The monoisotopic (exact) mass is 461 g/mol. The van der Waals surface area contributed by atoms with Gasteiger partial charge in [-0.25, -0.2) is 4.39 Å². The van der Waals surface area contributed by atoms with Crippen molar-refractivity contribution >= 4 is 27.8 Å². The lowest BCUT2D eigenvalue weighted by Crippen LogP contribution is -2.53. The number of para-hydroxylation sites is 1. The molecule has 1 heterocycles. The van der Waals surface area contributed by atoms with E-state index in [4.69, 9.17) is 4.42 Å². The van der Waals surface area contributed by atoms with E-state index in [9.17, 15) is 27.6 Å². The fourth-order valence-corrected chi connectivity index (χ4v) is 3.93. The molecule has 1 saturated carbocycles. The molecular weight excluding hydrogens is 438 g/mol. The Hall–Kier alpha value is -3.12. The predicted molar refractivity (Wildman–Crippen MR) is 115 cm³/mol. The normalized spacial score (nSPS) is 17.5. The Morgan fingerprint density at radius 3 is 2.39 bits per heavy atom. The molecule has 0 aliphatic heterocycles. The lowest BCUT2D eigenvalue weighted by molar-refractivity contribution is -0.161. The molecule has 5 nitrogen and oxygen atoms in total. The first-order valence-corrected chi connectivity index (χ1v) is 10.6. The van der Waals surface area contributed by atoms with Crippen LogP contribution in [0.5, 0.6) is 0 Å². The first-order valence-electron chi connectivity index (χ1n) is 10.6. The average Bonchev–Trinajstić information content (AvgIpc) is 3.40. The van der Waals surface area contributed by atoms with E-state index in [1.54, 1.807) is 24.3 Å². The number of hydrogen-bond donors (Lipinski definition) is 2. The van der Waals surface area contributed by atoms with Gasteiger partial charge in [-0.05, 0) is 44.4 Å². The largest absolute Gasteiger partial charge is 0.456 e. The summed E-state index contributed by atoms with van der Waals surface area (Å²) in [6.45, 7) is 2.38. The van der Waals surface area contributed by atoms with Crippen LogP contribution in [0.15, 0.2) is 46.9 Å². The zero-order valence-corrected chi connectivity index (χ0v) is 18.1. The molecule has 2 N–H and O–H groups in total. The molecule has 0 bridgehead atoms. The number of nitriles is 1. The molecule has 1 aromatic heterocycles. The summed E-state index contributed by atoms with van der Waals surface area (Å²) in [6.07, 6.45) is -4.45. The third-order valence-electron chi connectivity index (χ3n) is 5.76. The van der Waals surface area contributed by atoms with Crippen LogP contribution in [-0.4, -0.2) is 29.3 Å². The van der Waals surface area contributed by atoms with Crippen molar-refractivity contribution in [2.24, 2.45) is 0 Å². The highest BCUT2D eigenvalue weighted by Crippen LogP contribution is 2.38. The minimum atomic E-state index is -4.77. The zero-order chi connectivity index (χ0) is 24.0. The van der Waals surface area contributed by atoms with Crippen LogP contribution in [0.3, 0.4) is 0 Å². The van der Waals surface area contributed by atoms with Crippen molar-refractivity contribution in [2.75, 3.05) is 0 Å². The molecule has 33 heavy (non-hydrogen) atoms. The Labute approximate surface area is 187 Å². The predicted octanol–water partition coefficient (Wildman–Crippen LogP) is 5.46. The number of fused-ring (bicyclic) bond motifs is 3. The van der Waals surface area contributed by atoms with Crippen LogP contribution in [0.25, 0.3) is 21.9 Å². The van der Waals surface area contributed by atoms with Crippen molar-refractivity contribution in [3.63, 3.8) is 0 Å². The topological polar surface area (TPSA) is 78.1 Å². The maximum Gasteiger partial charge on any atom is 0.407 e. The van der Waals surface area contributed by atoms with Gasteiger partial charge in [-0.1, -0.05) is 30.3 Å². The smallest absolute Gasteiger partial charge is 0.407 e. The summed E-state index contributed by atoms with van der Waals surface area (Å²) < 4.78 is 62.5. The highest BCUT2D eigenvalue weighted by atomic mass is 19.4. The van der Waals surface area contributed by atoms with Crippen molar-refractivity contribution in [3.8, 4) is 6.07 Å². The van der Waals surface area contributed by atoms with E-state index in [0.717, 1.165) is 5.39 Å². The summed E-state index contributed by atoms with van der Waals surface area (Å²) in [4.78, 5) is 12.8. The highest BCUT2D eigenvalue weighted by molar-refractivity contribution is 6.04. The van der Waals surface area contributed by atoms with E-state index >= 15 is 0 Å². The molecule has 1 fully saturated rings. The van der Waals surface area contributed by atoms with Crippen LogP contribution >= 0.6 is 0 Å². The molecule has 0 radical (unpaired) electrons. The number of carbonyl (C=O) groups excluding carboxylic acids is 1. The Bertz CT molecular complexity index is 1230. The zero-order valence-electron chi connectivity index (χ0n) is 18.1. The van der Waals surface area contributed by atoms with Crippen LogP contribution in [0.4, 0.5) is 17.6 Å². The maximum absolute atomic E-state index is 14.4. The van der Waals surface area contributed by atoms with Gasteiger partial charge < -0.3 is 9.73 Å². The third-order valence-corrected chi connectivity index (χ3v) is 5.76. The Kier molecular flexibility index (Phi) is 5.61. The van der Waals surface area contributed by atoms with Gasteiger partial charge in [0.05, 0.1) is 12.1 Å². The number of nitrogens with zero attached hydrogens (tertiary/aromatic N) is 1. The molecule has 2 unspecified atom stereocenters. The molecule has 4 rings (SSSR count). The number of nitrogens with one attached hydrogen (secondary N) is 2. The van der Waals surface area contributed by atoms with Crippen molar-refractivity contribution in [1.29, 1.82) is 5.26 Å². The Balaban J connectivity index is 1.68. The molecule has 2 aromatic carbocycles. The molecule has 1 aliphatic carbocycles. The van der Waals surface area contributed by atoms with Gasteiger partial charge >= 0.3 is 6.18 Å². The fraction of sp³-hybridized carbons (Fsp3) is 0.417. The van der Waals surface area contributed by atoms with Gasteiger partial charge in [-0.2, -0.15) is 18.4 Å². The molecular formula is C24H23F4N3O2. The maximum atomic E-state index is 14.4. The van der Waals surface area contributed by atoms with E-state index < -0.39 is 41.8 Å². The summed E-state index contributed by atoms with van der Waals surface area (Å²) in [5.41, 5.74) is -2.35. The number of furan rings is 1. The lowest BCUT2D eigenvalue weighted by Gasteiger charge is -2.30. The summed E-state index contributed by atoms with van der Waals surface area (Å²) >= 11 is 0. The van der Waals surface area contributed by atoms with E-state index in [0.29, 0.717) is 23.8 Å². The van der Waals surface area contributed by atoms with Crippen LogP contribution in [0.2, 0.25) is 0 Å². The number of rotatable bonds is 7. The molecule has 174 valence electrons. The third kappa shape index (κ3) is 4.96. The molecule has 1 amide bonds. The highest BCUT2D eigenvalue weighted by Gasteiger charge is 2.48. The minimum absolute atomic E-state index is 0.162. The molecule has 0 saturated heterocycles. The quantitative estimate of drug-likeness (QED) is 0.458. The number of hydrogen-bond acceptors (Lipinski definition) is 4. The lowest BCUT2D eigenvalue weighted by atomic mass is 9.97.